The van der Waals surface area contributed by atoms with Crippen molar-refractivity contribution in [2.45, 2.75) is 24.9 Å². The van der Waals surface area contributed by atoms with Gasteiger partial charge in [0, 0.05) is 31.7 Å². The van der Waals surface area contributed by atoms with Crippen molar-refractivity contribution in [3.05, 3.63) is 48.2 Å². The quantitative estimate of drug-likeness (QED) is 0.830. The zero-order valence-electron chi connectivity index (χ0n) is 15.3. The minimum absolute atomic E-state index is 0.0777. The lowest BCUT2D eigenvalue weighted by Gasteiger charge is -2.48. The van der Waals surface area contributed by atoms with Crippen LogP contribution in [-0.4, -0.2) is 60.6 Å². The van der Waals surface area contributed by atoms with Crippen molar-refractivity contribution in [3.8, 4) is 11.7 Å². The molecule has 0 bridgehead atoms. The first-order chi connectivity index (χ1) is 13.3. The molecule has 27 heavy (non-hydrogen) atoms. The summed E-state index contributed by atoms with van der Waals surface area (Å²) in [4.78, 5) is 17.3. The summed E-state index contributed by atoms with van der Waals surface area (Å²) in [5, 5.41) is 0. The number of nitrogens with zero attached hydrogens (tertiary/aromatic N) is 2. The SMILES string of the molecule is O=C(c1ccc(Oc2ccccc2)o1)N1CCN2[C@@H](COC[C@@H]2C2CC2)C1. The molecule has 1 aromatic carbocycles. The number of benzene rings is 1. The molecule has 3 heterocycles. The topological polar surface area (TPSA) is 55.2 Å². The maximum Gasteiger partial charge on any atom is 0.290 e. The Balaban J connectivity index is 1.24. The van der Waals surface area contributed by atoms with Crippen LogP contribution in [0.4, 0.5) is 0 Å². The largest absolute Gasteiger partial charge is 0.426 e. The second-order valence-electron chi connectivity index (χ2n) is 7.62. The maximum absolute atomic E-state index is 12.9. The highest BCUT2D eigenvalue weighted by molar-refractivity contribution is 5.91. The van der Waals surface area contributed by atoms with Gasteiger partial charge in [0.2, 0.25) is 0 Å². The van der Waals surface area contributed by atoms with Crippen LogP contribution >= 0.6 is 0 Å². The molecule has 6 heteroatoms. The zero-order chi connectivity index (χ0) is 18.2. The van der Waals surface area contributed by atoms with E-state index in [1.807, 2.05) is 35.2 Å². The van der Waals surface area contributed by atoms with Gasteiger partial charge in [-0.2, -0.15) is 0 Å². The molecule has 0 radical (unpaired) electrons. The van der Waals surface area contributed by atoms with Gasteiger partial charge in [0.15, 0.2) is 5.76 Å². The molecule has 3 aliphatic rings. The summed E-state index contributed by atoms with van der Waals surface area (Å²) >= 11 is 0. The Morgan fingerprint density at radius 1 is 1.04 bits per heavy atom. The van der Waals surface area contributed by atoms with E-state index >= 15 is 0 Å². The van der Waals surface area contributed by atoms with Crippen LogP contribution in [0.25, 0.3) is 0 Å². The van der Waals surface area contributed by atoms with E-state index in [2.05, 4.69) is 4.90 Å². The predicted molar refractivity (Wildman–Crippen MR) is 99.0 cm³/mol. The van der Waals surface area contributed by atoms with Gasteiger partial charge in [0.05, 0.1) is 19.3 Å². The van der Waals surface area contributed by atoms with Crippen molar-refractivity contribution in [1.82, 2.24) is 9.80 Å². The molecule has 0 spiro atoms. The van der Waals surface area contributed by atoms with E-state index in [0.717, 1.165) is 25.6 Å². The number of piperazine rings is 1. The fourth-order valence-corrected chi connectivity index (χ4v) is 4.20. The lowest BCUT2D eigenvalue weighted by molar-refractivity contribution is -0.0819. The second kappa shape index (κ2) is 7.02. The highest BCUT2D eigenvalue weighted by Gasteiger charge is 2.43. The monoisotopic (exact) mass is 368 g/mol. The van der Waals surface area contributed by atoms with Crippen LogP contribution in [0.3, 0.4) is 0 Å². The van der Waals surface area contributed by atoms with E-state index in [1.165, 1.54) is 12.8 Å². The van der Waals surface area contributed by atoms with Gasteiger partial charge in [-0.25, -0.2) is 0 Å². The number of morpholine rings is 1. The first kappa shape index (κ1) is 16.8. The fraction of sp³-hybridized carbons (Fsp3) is 0.476. The molecule has 2 aliphatic heterocycles. The summed E-state index contributed by atoms with van der Waals surface area (Å²) in [6.07, 6.45) is 2.63. The van der Waals surface area contributed by atoms with Crippen LogP contribution in [0, 0.1) is 5.92 Å². The van der Waals surface area contributed by atoms with Crippen molar-refractivity contribution in [2.75, 3.05) is 32.8 Å². The van der Waals surface area contributed by atoms with Gasteiger partial charge >= 0.3 is 0 Å². The van der Waals surface area contributed by atoms with Gasteiger partial charge in [-0.3, -0.25) is 9.69 Å². The van der Waals surface area contributed by atoms with Crippen LogP contribution in [0.1, 0.15) is 23.4 Å². The molecule has 3 fully saturated rings. The Morgan fingerprint density at radius 2 is 1.89 bits per heavy atom. The molecule has 1 aliphatic carbocycles. The van der Waals surface area contributed by atoms with Gasteiger partial charge in [-0.1, -0.05) is 18.2 Å². The van der Waals surface area contributed by atoms with Crippen molar-refractivity contribution < 1.29 is 18.7 Å². The van der Waals surface area contributed by atoms with Gasteiger partial charge < -0.3 is 18.8 Å². The fourth-order valence-electron chi connectivity index (χ4n) is 4.20. The Kier molecular flexibility index (Phi) is 4.38. The number of ether oxygens (including phenoxy) is 2. The van der Waals surface area contributed by atoms with Gasteiger partial charge in [0.1, 0.15) is 5.75 Å². The number of rotatable bonds is 4. The molecule has 0 unspecified atom stereocenters. The van der Waals surface area contributed by atoms with E-state index in [4.69, 9.17) is 13.9 Å². The normalized spacial score (nSPS) is 25.9. The van der Waals surface area contributed by atoms with Crippen LogP contribution in [0.2, 0.25) is 0 Å². The summed E-state index contributed by atoms with van der Waals surface area (Å²) in [5.41, 5.74) is 0. The molecule has 1 amide bonds. The third kappa shape index (κ3) is 3.47. The summed E-state index contributed by atoms with van der Waals surface area (Å²) in [5.74, 6) is 2.05. The summed E-state index contributed by atoms with van der Waals surface area (Å²) in [6, 6.07) is 13.6. The van der Waals surface area contributed by atoms with E-state index < -0.39 is 0 Å². The average molecular weight is 368 g/mol. The Hall–Kier alpha value is -2.31. The highest BCUT2D eigenvalue weighted by Crippen LogP contribution is 2.38. The number of hydrogen-bond donors (Lipinski definition) is 0. The Labute approximate surface area is 158 Å². The third-order valence-corrected chi connectivity index (χ3v) is 5.76. The van der Waals surface area contributed by atoms with Crippen LogP contribution < -0.4 is 4.74 Å². The van der Waals surface area contributed by atoms with E-state index in [9.17, 15) is 4.79 Å². The Bertz CT molecular complexity index is 802. The van der Waals surface area contributed by atoms with Crippen LogP contribution in [0.5, 0.6) is 11.7 Å². The Morgan fingerprint density at radius 3 is 2.70 bits per heavy atom. The first-order valence-electron chi connectivity index (χ1n) is 9.73. The molecule has 2 aromatic rings. The average Bonchev–Trinajstić information content (AvgIpc) is 3.46. The number of furan rings is 1. The van der Waals surface area contributed by atoms with Gasteiger partial charge in [0.25, 0.3) is 11.9 Å². The van der Waals surface area contributed by atoms with E-state index in [-0.39, 0.29) is 11.9 Å². The number of hydrogen-bond acceptors (Lipinski definition) is 5. The number of carbonyl (C=O) groups is 1. The summed E-state index contributed by atoms with van der Waals surface area (Å²) < 4.78 is 17.1. The highest BCUT2D eigenvalue weighted by atomic mass is 16.6. The van der Waals surface area contributed by atoms with Crippen molar-refractivity contribution in [3.63, 3.8) is 0 Å². The molecule has 6 nitrogen and oxygen atoms in total. The molecule has 2 saturated heterocycles. The minimum atomic E-state index is -0.0777. The first-order valence-corrected chi connectivity index (χ1v) is 9.73. The zero-order valence-corrected chi connectivity index (χ0v) is 15.3. The van der Waals surface area contributed by atoms with Crippen molar-refractivity contribution in [2.24, 2.45) is 5.92 Å². The molecule has 142 valence electrons. The molecule has 5 rings (SSSR count). The number of para-hydroxylation sites is 1. The van der Waals surface area contributed by atoms with Crippen LogP contribution in [0.15, 0.2) is 46.9 Å². The van der Waals surface area contributed by atoms with Crippen molar-refractivity contribution >= 4 is 5.91 Å². The van der Waals surface area contributed by atoms with Crippen molar-refractivity contribution in [1.29, 1.82) is 0 Å². The molecular formula is C21H24N2O4. The lowest BCUT2D eigenvalue weighted by Crippen LogP contribution is -2.63. The number of carbonyl (C=O) groups excluding carboxylic acids is 1. The third-order valence-electron chi connectivity index (χ3n) is 5.76. The molecule has 1 saturated carbocycles. The lowest BCUT2D eigenvalue weighted by atomic mass is 10.0. The smallest absolute Gasteiger partial charge is 0.290 e. The van der Waals surface area contributed by atoms with E-state index in [0.29, 0.717) is 36.6 Å². The van der Waals surface area contributed by atoms with Gasteiger partial charge in [-0.15, -0.1) is 0 Å². The number of fused-ring (bicyclic) bond motifs is 1. The standard InChI is InChI=1S/C21H24N2O4/c24-21(19-8-9-20(27-19)26-17-4-2-1-3-5-17)22-10-11-23-16(12-22)13-25-14-18(23)15-6-7-15/h1-5,8-9,15-16,18H,6-7,10-14H2/t16-,18-/m1/s1. The summed E-state index contributed by atoms with van der Waals surface area (Å²) in [6.45, 7) is 3.88. The van der Waals surface area contributed by atoms with E-state index in [1.54, 1.807) is 12.1 Å². The number of amides is 1. The van der Waals surface area contributed by atoms with Crippen LogP contribution in [-0.2, 0) is 4.74 Å². The maximum atomic E-state index is 12.9. The molecule has 2 atom stereocenters. The molecule has 0 N–H and O–H groups in total. The minimum Gasteiger partial charge on any atom is -0.426 e. The predicted octanol–water partition coefficient (Wildman–Crippen LogP) is 3.01. The molecule has 1 aromatic heterocycles. The second-order valence-corrected chi connectivity index (χ2v) is 7.62. The summed E-state index contributed by atoms with van der Waals surface area (Å²) in [7, 11) is 0. The molecular weight excluding hydrogens is 344 g/mol. The van der Waals surface area contributed by atoms with Gasteiger partial charge in [-0.05, 0) is 37.0 Å².